The molecule has 0 aromatic heterocycles. The fourth-order valence-corrected chi connectivity index (χ4v) is 2.24. The van der Waals surface area contributed by atoms with Crippen LogP contribution in [-0.4, -0.2) is 36.7 Å². The molecule has 0 unspecified atom stereocenters. The van der Waals surface area contributed by atoms with Gasteiger partial charge in [-0.25, -0.2) is 12.8 Å². The van der Waals surface area contributed by atoms with Gasteiger partial charge in [0.05, 0.1) is 12.7 Å². The summed E-state index contributed by atoms with van der Waals surface area (Å²) in [5.74, 6) is -0.476. The van der Waals surface area contributed by atoms with Gasteiger partial charge >= 0.3 is 0 Å². The van der Waals surface area contributed by atoms with Crippen LogP contribution in [0.25, 0.3) is 0 Å². The van der Waals surface area contributed by atoms with E-state index in [0.717, 1.165) is 18.4 Å². The standard InChI is InChI=1S/C10H13FO4S/c1-16(14,15)9(6-12)10(13)7-2-4-8(11)5-3-7/h2-5,9-10,12-13H,6H2,1H3/t9-,10-/m1/s1. The molecule has 0 fully saturated rings. The molecule has 0 amide bonds. The molecule has 0 saturated heterocycles. The Morgan fingerprint density at radius 2 is 1.81 bits per heavy atom. The maximum Gasteiger partial charge on any atom is 0.155 e. The highest BCUT2D eigenvalue weighted by Gasteiger charge is 2.29. The van der Waals surface area contributed by atoms with Gasteiger partial charge in [0.1, 0.15) is 11.1 Å². The third kappa shape index (κ3) is 3.01. The van der Waals surface area contributed by atoms with Gasteiger partial charge in [0, 0.05) is 6.26 Å². The first-order chi connectivity index (χ1) is 7.36. The smallest absolute Gasteiger partial charge is 0.155 e. The number of hydrogen-bond acceptors (Lipinski definition) is 4. The third-order valence-electron chi connectivity index (χ3n) is 2.29. The van der Waals surface area contributed by atoms with Crippen molar-refractivity contribution >= 4 is 9.84 Å². The summed E-state index contributed by atoms with van der Waals surface area (Å²) >= 11 is 0. The van der Waals surface area contributed by atoms with E-state index in [0.29, 0.717) is 0 Å². The van der Waals surface area contributed by atoms with Crippen LogP contribution in [0.2, 0.25) is 0 Å². The summed E-state index contributed by atoms with van der Waals surface area (Å²) < 4.78 is 35.1. The SMILES string of the molecule is CS(=O)(=O)[C@H](CO)[C@H](O)c1ccc(F)cc1. The van der Waals surface area contributed by atoms with Gasteiger partial charge in [0.2, 0.25) is 0 Å². The van der Waals surface area contributed by atoms with E-state index in [1.165, 1.54) is 12.1 Å². The highest BCUT2D eigenvalue weighted by molar-refractivity contribution is 7.91. The first-order valence-corrected chi connectivity index (χ1v) is 6.55. The maximum atomic E-state index is 12.6. The summed E-state index contributed by atoms with van der Waals surface area (Å²) in [6, 6.07) is 4.81. The Hall–Kier alpha value is -0.980. The van der Waals surface area contributed by atoms with Crippen LogP contribution < -0.4 is 0 Å². The van der Waals surface area contributed by atoms with E-state index < -0.39 is 33.6 Å². The predicted octanol–water partition coefficient (Wildman–Crippen LogP) is 0.265. The molecule has 0 radical (unpaired) electrons. The molecule has 0 bridgehead atoms. The summed E-state index contributed by atoms with van der Waals surface area (Å²) in [4.78, 5) is 0. The molecule has 90 valence electrons. The molecule has 0 heterocycles. The summed E-state index contributed by atoms with van der Waals surface area (Å²) in [5.41, 5.74) is 0.255. The Morgan fingerprint density at radius 1 is 1.31 bits per heavy atom. The van der Waals surface area contributed by atoms with E-state index in [1.807, 2.05) is 0 Å². The van der Waals surface area contributed by atoms with Crippen LogP contribution in [0.5, 0.6) is 0 Å². The second kappa shape index (κ2) is 4.90. The molecule has 0 spiro atoms. The van der Waals surface area contributed by atoms with Gasteiger partial charge < -0.3 is 10.2 Å². The topological polar surface area (TPSA) is 74.6 Å². The van der Waals surface area contributed by atoms with E-state index in [9.17, 15) is 17.9 Å². The Bertz CT molecular complexity index is 440. The third-order valence-corrected chi connectivity index (χ3v) is 3.80. The molecule has 1 aromatic rings. The molecular weight excluding hydrogens is 235 g/mol. The van der Waals surface area contributed by atoms with E-state index in [1.54, 1.807) is 0 Å². The first kappa shape index (κ1) is 13.1. The van der Waals surface area contributed by atoms with Crippen molar-refractivity contribution in [1.82, 2.24) is 0 Å². The summed E-state index contributed by atoms with van der Waals surface area (Å²) in [7, 11) is -3.57. The molecular formula is C10H13FO4S. The zero-order chi connectivity index (χ0) is 12.3. The second-order valence-electron chi connectivity index (χ2n) is 3.55. The lowest BCUT2D eigenvalue weighted by molar-refractivity contribution is 0.138. The van der Waals surface area contributed by atoms with Gasteiger partial charge in [-0.2, -0.15) is 0 Å². The van der Waals surface area contributed by atoms with Crippen molar-refractivity contribution in [3.8, 4) is 0 Å². The fraction of sp³-hybridized carbons (Fsp3) is 0.400. The largest absolute Gasteiger partial charge is 0.395 e. The molecule has 4 nitrogen and oxygen atoms in total. The Balaban J connectivity index is 3.00. The molecule has 0 aliphatic heterocycles. The van der Waals surface area contributed by atoms with E-state index in [-0.39, 0.29) is 5.56 Å². The van der Waals surface area contributed by atoms with Crippen LogP contribution in [0.1, 0.15) is 11.7 Å². The van der Waals surface area contributed by atoms with Gasteiger partial charge in [-0.05, 0) is 17.7 Å². The Kier molecular flexibility index (Phi) is 4.01. The summed E-state index contributed by atoms with van der Waals surface area (Å²) in [5, 5.41) is 17.4. The molecule has 1 rings (SSSR count). The van der Waals surface area contributed by atoms with Crippen molar-refractivity contribution in [2.45, 2.75) is 11.4 Å². The van der Waals surface area contributed by atoms with Gasteiger partial charge in [-0.3, -0.25) is 0 Å². The average molecular weight is 248 g/mol. The molecule has 0 aliphatic rings. The molecule has 0 saturated carbocycles. The quantitative estimate of drug-likeness (QED) is 0.801. The Morgan fingerprint density at radius 3 is 2.19 bits per heavy atom. The number of aliphatic hydroxyl groups excluding tert-OH is 2. The number of halogens is 1. The van der Waals surface area contributed by atoms with Crippen LogP contribution in [0.3, 0.4) is 0 Å². The highest BCUT2D eigenvalue weighted by atomic mass is 32.2. The number of sulfone groups is 1. The van der Waals surface area contributed by atoms with Crippen molar-refractivity contribution in [1.29, 1.82) is 0 Å². The lowest BCUT2D eigenvalue weighted by Crippen LogP contribution is -2.31. The van der Waals surface area contributed by atoms with Crippen molar-refractivity contribution in [3.63, 3.8) is 0 Å². The lowest BCUT2D eigenvalue weighted by atomic mass is 10.1. The van der Waals surface area contributed by atoms with Gasteiger partial charge in [0.25, 0.3) is 0 Å². The second-order valence-corrected chi connectivity index (χ2v) is 5.81. The predicted molar refractivity (Wildman–Crippen MR) is 57.1 cm³/mol. The van der Waals surface area contributed by atoms with Crippen molar-refractivity contribution in [2.24, 2.45) is 0 Å². The zero-order valence-electron chi connectivity index (χ0n) is 8.67. The Labute approximate surface area is 93.3 Å². The lowest BCUT2D eigenvalue weighted by Gasteiger charge is -2.19. The van der Waals surface area contributed by atoms with Crippen LogP contribution in [-0.2, 0) is 9.84 Å². The minimum Gasteiger partial charge on any atom is -0.395 e. The molecule has 6 heteroatoms. The summed E-state index contributed by atoms with van der Waals surface area (Å²) in [6.07, 6.45) is -0.429. The number of benzene rings is 1. The highest BCUT2D eigenvalue weighted by Crippen LogP contribution is 2.21. The van der Waals surface area contributed by atoms with E-state index >= 15 is 0 Å². The molecule has 0 aliphatic carbocycles. The maximum absolute atomic E-state index is 12.6. The van der Waals surface area contributed by atoms with Crippen molar-refractivity contribution in [3.05, 3.63) is 35.6 Å². The van der Waals surface area contributed by atoms with Gasteiger partial charge in [-0.1, -0.05) is 12.1 Å². The molecule has 1 aromatic carbocycles. The van der Waals surface area contributed by atoms with Crippen LogP contribution in [0.4, 0.5) is 4.39 Å². The molecule has 2 N–H and O–H groups in total. The number of hydrogen-bond donors (Lipinski definition) is 2. The van der Waals surface area contributed by atoms with Crippen molar-refractivity contribution < 1.29 is 23.0 Å². The first-order valence-electron chi connectivity index (χ1n) is 4.59. The number of rotatable bonds is 4. The van der Waals surface area contributed by atoms with Crippen LogP contribution in [0, 0.1) is 5.82 Å². The molecule has 16 heavy (non-hydrogen) atoms. The monoisotopic (exact) mass is 248 g/mol. The van der Waals surface area contributed by atoms with Gasteiger partial charge in [-0.15, -0.1) is 0 Å². The average Bonchev–Trinajstić information content (AvgIpc) is 2.17. The van der Waals surface area contributed by atoms with Crippen molar-refractivity contribution in [2.75, 3.05) is 12.9 Å². The minimum atomic E-state index is -3.57. The van der Waals surface area contributed by atoms with E-state index in [2.05, 4.69) is 0 Å². The molecule has 2 atom stereocenters. The minimum absolute atomic E-state index is 0.255. The summed E-state index contributed by atoms with van der Waals surface area (Å²) in [6.45, 7) is -0.683. The fourth-order valence-electron chi connectivity index (χ4n) is 1.34. The van der Waals surface area contributed by atoms with E-state index in [4.69, 9.17) is 5.11 Å². The van der Waals surface area contributed by atoms with Crippen LogP contribution >= 0.6 is 0 Å². The normalized spacial score (nSPS) is 15.8. The zero-order valence-corrected chi connectivity index (χ0v) is 9.48. The van der Waals surface area contributed by atoms with Gasteiger partial charge in [0.15, 0.2) is 9.84 Å². The number of aliphatic hydroxyl groups is 2. The van der Waals surface area contributed by atoms with Crippen LogP contribution in [0.15, 0.2) is 24.3 Å².